The van der Waals surface area contributed by atoms with Gasteiger partial charge in [0.05, 0.1) is 13.7 Å². The molecule has 0 aliphatic rings. The minimum atomic E-state index is 0.637. The van der Waals surface area contributed by atoms with E-state index in [1.807, 2.05) is 24.3 Å². The summed E-state index contributed by atoms with van der Waals surface area (Å²) < 4.78 is 10.8. The van der Waals surface area contributed by atoms with Crippen LogP contribution in [0, 0.1) is 5.92 Å². The number of ether oxygens (including phenoxy) is 2. The summed E-state index contributed by atoms with van der Waals surface area (Å²) in [5.41, 5.74) is 1.15. The van der Waals surface area contributed by atoms with Crippen LogP contribution in [0.2, 0.25) is 0 Å². The fourth-order valence-electron chi connectivity index (χ4n) is 1.57. The third-order valence-electron chi connectivity index (χ3n) is 2.76. The van der Waals surface area contributed by atoms with E-state index in [2.05, 4.69) is 6.92 Å². The lowest BCUT2D eigenvalue weighted by Crippen LogP contribution is -2.03. The van der Waals surface area contributed by atoms with Crippen molar-refractivity contribution >= 4 is 11.6 Å². The normalized spacial score (nSPS) is 12.4. The molecule has 3 heteroatoms. The molecule has 1 aromatic rings. The van der Waals surface area contributed by atoms with Gasteiger partial charge in [-0.3, -0.25) is 0 Å². The molecular formula is C14H21ClO2. The van der Waals surface area contributed by atoms with Gasteiger partial charge < -0.3 is 9.47 Å². The molecule has 0 radical (unpaired) electrons. The topological polar surface area (TPSA) is 18.5 Å². The first-order valence-electron chi connectivity index (χ1n) is 6.03. The summed E-state index contributed by atoms with van der Waals surface area (Å²) in [4.78, 5) is 0. The first-order valence-corrected chi connectivity index (χ1v) is 6.56. The van der Waals surface area contributed by atoms with Crippen LogP contribution in [0.1, 0.15) is 25.3 Å². The van der Waals surface area contributed by atoms with Crippen LogP contribution < -0.4 is 4.74 Å². The second kappa shape index (κ2) is 8.37. The minimum Gasteiger partial charge on any atom is -0.497 e. The van der Waals surface area contributed by atoms with E-state index in [1.54, 1.807) is 7.11 Å². The number of benzene rings is 1. The molecule has 1 atom stereocenters. The molecule has 0 N–H and O–H groups in total. The average molecular weight is 257 g/mol. The largest absolute Gasteiger partial charge is 0.497 e. The van der Waals surface area contributed by atoms with Crippen LogP contribution in [0.5, 0.6) is 5.75 Å². The van der Waals surface area contributed by atoms with Crippen LogP contribution in [-0.4, -0.2) is 19.6 Å². The zero-order valence-electron chi connectivity index (χ0n) is 10.6. The highest BCUT2D eigenvalue weighted by Crippen LogP contribution is 2.14. The zero-order chi connectivity index (χ0) is 12.5. The number of halogens is 1. The van der Waals surface area contributed by atoms with Gasteiger partial charge in [0.15, 0.2) is 0 Å². The van der Waals surface area contributed by atoms with E-state index >= 15 is 0 Å². The molecular weight excluding hydrogens is 236 g/mol. The van der Waals surface area contributed by atoms with Crippen LogP contribution in [0.4, 0.5) is 0 Å². The average Bonchev–Trinajstić information content (AvgIpc) is 2.35. The summed E-state index contributed by atoms with van der Waals surface area (Å²) in [5.74, 6) is 2.25. The highest BCUT2D eigenvalue weighted by atomic mass is 35.5. The second-order valence-electron chi connectivity index (χ2n) is 4.28. The monoisotopic (exact) mass is 256 g/mol. The molecule has 0 fully saturated rings. The Morgan fingerprint density at radius 2 is 2.12 bits per heavy atom. The van der Waals surface area contributed by atoms with Gasteiger partial charge in [-0.15, -0.1) is 11.6 Å². The van der Waals surface area contributed by atoms with Crippen LogP contribution in [-0.2, 0) is 11.3 Å². The van der Waals surface area contributed by atoms with Gasteiger partial charge in [-0.25, -0.2) is 0 Å². The Morgan fingerprint density at radius 1 is 1.29 bits per heavy atom. The Bertz CT molecular complexity index is 315. The summed E-state index contributed by atoms with van der Waals surface area (Å²) >= 11 is 5.68. The Labute approximate surface area is 109 Å². The molecule has 0 saturated carbocycles. The Kier molecular flexibility index (Phi) is 7.06. The number of methoxy groups -OCH3 is 1. The van der Waals surface area contributed by atoms with Crippen molar-refractivity contribution in [1.82, 2.24) is 0 Å². The van der Waals surface area contributed by atoms with E-state index in [9.17, 15) is 0 Å². The van der Waals surface area contributed by atoms with E-state index < -0.39 is 0 Å². The third-order valence-corrected chi connectivity index (χ3v) is 2.98. The molecule has 0 aromatic heterocycles. The summed E-state index contributed by atoms with van der Waals surface area (Å²) in [6, 6.07) is 7.96. The van der Waals surface area contributed by atoms with Crippen molar-refractivity contribution in [2.75, 3.05) is 19.6 Å². The van der Waals surface area contributed by atoms with E-state index in [0.29, 0.717) is 12.5 Å². The number of rotatable bonds is 8. The second-order valence-corrected chi connectivity index (χ2v) is 4.65. The molecule has 96 valence electrons. The molecule has 0 spiro atoms. The predicted octanol–water partition coefficient (Wildman–Crippen LogP) is 3.87. The Hall–Kier alpha value is -0.730. The number of alkyl halides is 1. The lowest BCUT2D eigenvalue weighted by molar-refractivity contribution is 0.108. The smallest absolute Gasteiger partial charge is 0.119 e. The molecule has 0 amide bonds. The van der Waals surface area contributed by atoms with Crippen LogP contribution >= 0.6 is 11.6 Å². The van der Waals surface area contributed by atoms with Crippen molar-refractivity contribution in [3.8, 4) is 5.75 Å². The van der Waals surface area contributed by atoms with Crippen molar-refractivity contribution in [3.05, 3.63) is 29.8 Å². The van der Waals surface area contributed by atoms with Crippen molar-refractivity contribution in [2.24, 2.45) is 5.92 Å². The summed E-state index contributed by atoms with van der Waals surface area (Å²) in [5, 5.41) is 0. The highest BCUT2D eigenvalue weighted by Gasteiger charge is 2.01. The van der Waals surface area contributed by atoms with Gasteiger partial charge in [-0.2, -0.15) is 0 Å². The minimum absolute atomic E-state index is 0.637. The van der Waals surface area contributed by atoms with E-state index in [0.717, 1.165) is 36.6 Å². The molecule has 0 saturated heterocycles. The van der Waals surface area contributed by atoms with E-state index in [-0.39, 0.29) is 0 Å². The van der Waals surface area contributed by atoms with Gasteiger partial charge in [0.25, 0.3) is 0 Å². The first kappa shape index (κ1) is 14.3. The van der Waals surface area contributed by atoms with Gasteiger partial charge in [0, 0.05) is 12.5 Å². The fraction of sp³-hybridized carbons (Fsp3) is 0.571. The quantitative estimate of drug-likeness (QED) is 0.519. The molecule has 1 unspecified atom stereocenters. The molecule has 0 bridgehead atoms. The maximum atomic E-state index is 5.68. The SMILES string of the molecule is COc1cccc(COCCC(C)CCCl)c1. The van der Waals surface area contributed by atoms with Gasteiger partial charge in [-0.1, -0.05) is 19.1 Å². The third kappa shape index (κ3) is 5.94. The molecule has 0 heterocycles. The van der Waals surface area contributed by atoms with Crippen molar-refractivity contribution in [2.45, 2.75) is 26.4 Å². The first-order chi connectivity index (χ1) is 8.26. The van der Waals surface area contributed by atoms with E-state index in [1.165, 1.54) is 0 Å². The van der Waals surface area contributed by atoms with Gasteiger partial charge in [0.1, 0.15) is 5.75 Å². The molecule has 1 rings (SSSR count). The molecule has 1 aromatic carbocycles. The number of hydrogen-bond donors (Lipinski definition) is 0. The Balaban J connectivity index is 2.21. The maximum Gasteiger partial charge on any atom is 0.119 e. The lowest BCUT2D eigenvalue weighted by Gasteiger charge is -2.10. The molecule has 2 nitrogen and oxygen atoms in total. The molecule has 0 aliphatic carbocycles. The Morgan fingerprint density at radius 3 is 2.82 bits per heavy atom. The predicted molar refractivity (Wildman–Crippen MR) is 71.8 cm³/mol. The van der Waals surface area contributed by atoms with Gasteiger partial charge >= 0.3 is 0 Å². The standard InChI is InChI=1S/C14H21ClO2/c1-12(6-8-15)7-9-17-11-13-4-3-5-14(10-13)16-2/h3-5,10,12H,6-9,11H2,1-2H3. The zero-order valence-corrected chi connectivity index (χ0v) is 11.4. The lowest BCUT2D eigenvalue weighted by atomic mass is 10.1. The van der Waals surface area contributed by atoms with Crippen molar-refractivity contribution < 1.29 is 9.47 Å². The summed E-state index contributed by atoms with van der Waals surface area (Å²) in [6.45, 7) is 3.64. The summed E-state index contributed by atoms with van der Waals surface area (Å²) in [6.07, 6.45) is 2.13. The summed E-state index contributed by atoms with van der Waals surface area (Å²) in [7, 11) is 1.67. The number of hydrogen-bond acceptors (Lipinski definition) is 2. The van der Waals surface area contributed by atoms with Gasteiger partial charge in [-0.05, 0) is 36.5 Å². The molecule has 0 aliphatic heterocycles. The molecule has 17 heavy (non-hydrogen) atoms. The maximum absolute atomic E-state index is 5.68. The van der Waals surface area contributed by atoms with Crippen LogP contribution in [0.15, 0.2) is 24.3 Å². The van der Waals surface area contributed by atoms with Crippen LogP contribution in [0.3, 0.4) is 0 Å². The van der Waals surface area contributed by atoms with Crippen molar-refractivity contribution in [3.63, 3.8) is 0 Å². The van der Waals surface area contributed by atoms with Crippen LogP contribution in [0.25, 0.3) is 0 Å². The van der Waals surface area contributed by atoms with E-state index in [4.69, 9.17) is 21.1 Å². The van der Waals surface area contributed by atoms with Crippen molar-refractivity contribution in [1.29, 1.82) is 0 Å². The van der Waals surface area contributed by atoms with Gasteiger partial charge in [0.2, 0.25) is 0 Å². The highest BCUT2D eigenvalue weighted by molar-refractivity contribution is 6.17. The fourth-order valence-corrected chi connectivity index (χ4v) is 1.94.